The average molecular weight is 303 g/mol. The largest absolute Gasteiger partial charge is 0.383 e. The van der Waals surface area contributed by atoms with Crippen molar-refractivity contribution in [3.8, 4) is 0 Å². The van der Waals surface area contributed by atoms with Crippen LogP contribution in [0.2, 0.25) is 0 Å². The molecule has 0 atom stereocenters. The van der Waals surface area contributed by atoms with Crippen molar-refractivity contribution in [1.29, 1.82) is 0 Å². The number of carbonyl (C=O) groups is 2. The third-order valence-corrected chi connectivity index (χ3v) is 3.71. The Labute approximate surface area is 130 Å². The number of ether oxygens (including phenoxy) is 1. The van der Waals surface area contributed by atoms with Crippen LogP contribution in [0.25, 0.3) is 6.08 Å². The Morgan fingerprint density at radius 3 is 2.73 bits per heavy atom. The quantitative estimate of drug-likeness (QED) is 0.495. The van der Waals surface area contributed by atoms with Gasteiger partial charge in [0.05, 0.1) is 6.61 Å². The number of amides is 3. The monoisotopic (exact) mass is 303 g/mol. The van der Waals surface area contributed by atoms with Crippen LogP contribution in [-0.4, -0.2) is 41.7 Å². The van der Waals surface area contributed by atoms with Gasteiger partial charge in [0.1, 0.15) is 5.70 Å². The molecule has 1 fully saturated rings. The number of methoxy groups -OCH3 is 1. The maximum absolute atomic E-state index is 12.2. The maximum atomic E-state index is 12.2. The first kappa shape index (κ1) is 16.0. The van der Waals surface area contributed by atoms with Crippen molar-refractivity contribution in [3.63, 3.8) is 0 Å². The fourth-order valence-corrected chi connectivity index (χ4v) is 2.52. The highest BCUT2D eigenvalue weighted by Crippen LogP contribution is 2.20. The van der Waals surface area contributed by atoms with E-state index in [1.54, 1.807) is 13.2 Å². The lowest BCUT2D eigenvalue weighted by Gasteiger charge is -2.08. The van der Waals surface area contributed by atoms with Crippen LogP contribution < -0.4 is 5.32 Å². The number of hydrogen-bond donors (Lipinski definition) is 1. The lowest BCUT2D eigenvalue weighted by Crippen LogP contribution is -2.30. The highest BCUT2D eigenvalue weighted by molar-refractivity contribution is 6.14. The van der Waals surface area contributed by atoms with E-state index in [0.29, 0.717) is 12.3 Å². The summed E-state index contributed by atoms with van der Waals surface area (Å²) < 4.78 is 7.23. The third kappa shape index (κ3) is 2.96. The molecule has 0 unspecified atom stereocenters. The number of imide groups is 1. The van der Waals surface area contributed by atoms with Crippen LogP contribution in [0.4, 0.5) is 4.79 Å². The van der Waals surface area contributed by atoms with Gasteiger partial charge in [0.25, 0.3) is 5.91 Å². The molecule has 1 aromatic heterocycles. The Kier molecular flexibility index (Phi) is 4.82. The number of aryl methyl sites for hydroxylation is 1. The van der Waals surface area contributed by atoms with Crippen LogP contribution >= 0.6 is 0 Å². The molecule has 3 amide bonds. The standard InChI is InChI=1S/C16H21N3O3/c1-5-6-19-15(20)14(17-16(19)21)10-13-9-11(2)18(12(13)3)7-8-22-4/h5,9-10H,1,6-8H2,2-4H3,(H,17,21)/b14-10+. The van der Waals surface area contributed by atoms with Crippen LogP contribution in [0.3, 0.4) is 0 Å². The van der Waals surface area contributed by atoms with Gasteiger partial charge in [0.2, 0.25) is 0 Å². The van der Waals surface area contributed by atoms with Crippen molar-refractivity contribution < 1.29 is 14.3 Å². The van der Waals surface area contributed by atoms with E-state index in [1.165, 1.54) is 6.08 Å². The topological polar surface area (TPSA) is 63.6 Å². The van der Waals surface area contributed by atoms with Crippen molar-refractivity contribution in [1.82, 2.24) is 14.8 Å². The molecule has 0 aromatic carbocycles. The summed E-state index contributed by atoms with van der Waals surface area (Å²) >= 11 is 0. The smallest absolute Gasteiger partial charge is 0.329 e. The first-order valence-corrected chi connectivity index (χ1v) is 7.10. The summed E-state index contributed by atoms with van der Waals surface area (Å²) in [7, 11) is 1.66. The van der Waals surface area contributed by atoms with Crippen LogP contribution in [0.1, 0.15) is 17.0 Å². The first-order chi connectivity index (χ1) is 10.5. The van der Waals surface area contributed by atoms with Crippen molar-refractivity contribution in [3.05, 3.63) is 41.4 Å². The number of rotatable bonds is 6. The number of aromatic nitrogens is 1. The van der Waals surface area contributed by atoms with E-state index >= 15 is 0 Å². The van der Waals surface area contributed by atoms with Crippen molar-refractivity contribution in [2.24, 2.45) is 0 Å². The van der Waals surface area contributed by atoms with E-state index in [9.17, 15) is 9.59 Å². The van der Waals surface area contributed by atoms with Gasteiger partial charge in [0.15, 0.2) is 0 Å². The highest BCUT2D eigenvalue weighted by Gasteiger charge is 2.32. The van der Waals surface area contributed by atoms with Crippen LogP contribution in [0.15, 0.2) is 24.4 Å². The van der Waals surface area contributed by atoms with Crippen molar-refractivity contribution >= 4 is 18.0 Å². The van der Waals surface area contributed by atoms with E-state index in [-0.39, 0.29) is 12.5 Å². The first-order valence-electron chi connectivity index (χ1n) is 7.10. The molecule has 6 heteroatoms. The molecular formula is C16H21N3O3. The van der Waals surface area contributed by atoms with Crippen LogP contribution in [0.5, 0.6) is 0 Å². The zero-order valence-electron chi connectivity index (χ0n) is 13.2. The van der Waals surface area contributed by atoms with Gasteiger partial charge in [-0.25, -0.2) is 4.79 Å². The van der Waals surface area contributed by atoms with Crippen LogP contribution in [0, 0.1) is 13.8 Å². The predicted molar refractivity (Wildman–Crippen MR) is 84.2 cm³/mol. The highest BCUT2D eigenvalue weighted by atomic mass is 16.5. The Bertz CT molecular complexity index is 643. The summed E-state index contributed by atoms with van der Waals surface area (Å²) in [6.45, 7) is 9.11. The molecular weight excluding hydrogens is 282 g/mol. The maximum Gasteiger partial charge on any atom is 0.329 e. The molecule has 0 spiro atoms. The van der Waals surface area contributed by atoms with Gasteiger partial charge in [-0.2, -0.15) is 0 Å². The summed E-state index contributed by atoms with van der Waals surface area (Å²) in [5.74, 6) is -0.327. The summed E-state index contributed by atoms with van der Waals surface area (Å²) in [4.78, 5) is 25.1. The molecule has 0 bridgehead atoms. The van der Waals surface area contributed by atoms with Gasteiger partial charge in [-0.1, -0.05) is 6.08 Å². The predicted octanol–water partition coefficient (Wildman–Crippen LogP) is 1.83. The molecule has 2 rings (SSSR count). The average Bonchev–Trinajstić information content (AvgIpc) is 2.89. The minimum absolute atomic E-state index is 0.203. The normalized spacial score (nSPS) is 16.5. The molecule has 1 aliphatic rings. The molecule has 0 saturated carbocycles. The SMILES string of the molecule is C=CCN1C(=O)N/C(=C/c2cc(C)n(CCOC)c2C)C1=O. The van der Waals surface area contributed by atoms with Crippen molar-refractivity contribution in [2.75, 3.05) is 20.3 Å². The Balaban J connectivity index is 2.28. The summed E-state index contributed by atoms with van der Waals surface area (Å²) in [5, 5.41) is 2.60. The van der Waals surface area contributed by atoms with E-state index in [4.69, 9.17) is 4.74 Å². The zero-order valence-corrected chi connectivity index (χ0v) is 13.2. The second-order valence-electron chi connectivity index (χ2n) is 5.16. The van der Waals surface area contributed by atoms with Crippen LogP contribution in [-0.2, 0) is 16.1 Å². The summed E-state index contributed by atoms with van der Waals surface area (Å²) in [6, 6.07) is 1.58. The molecule has 0 radical (unpaired) electrons. The molecule has 1 aromatic rings. The minimum Gasteiger partial charge on any atom is -0.383 e. The van der Waals surface area contributed by atoms with Gasteiger partial charge in [0, 0.05) is 31.6 Å². The Morgan fingerprint density at radius 2 is 2.09 bits per heavy atom. The second kappa shape index (κ2) is 6.62. The number of carbonyl (C=O) groups excluding carboxylic acids is 2. The lowest BCUT2D eigenvalue weighted by atomic mass is 10.2. The van der Waals surface area contributed by atoms with Gasteiger partial charge < -0.3 is 14.6 Å². The summed E-state index contributed by atoms with van der Waals surface area (Å²) in [6.07, 6.45) is 3.24. The van der Waals surface area contributed by atoms with E-state index in [0.717, 1.165) is 28.4 Å². The molecule has 1 N–H and O–H groups in total. The number of nitrogens with zero attached hydrogens (tertiary/aromatic N) is 2. The molecule has 1 aliphatic heterocycles. The van der Waals surface area contributed by atoms with Crippen molar-refractivity contribution in [2.45, 2.75) is 20.4 Å². The van der Waals surface area contributed by atoms with Gasteiger partial charge in [-0.3, -0.25) is 9.69 Å². The number of hydrogen-bond acceptors (Lipinski definition) is 3. The fraction of sp³-hybridized carbons (Fsp3) is 0.375. The van der Waals surface area contributed by atoms with Gasteiger partial charge in [-0.05, 0) is 31.6 Å². The molecule has 118 valence electrons. The molecule has 6 nitrogen and oxygen atoms in total. The lowest BCUT2D eigenvalue weighted by molar-refractivity contribution is -0.122. The summed E-state index contributed by atoms with van der Waals surface area (Å²) in [5.41, 5.74) is 3.32. The number of nitrogens with one attached hydrogen (secondary N) is 1. The Morgan fingerprint density at radius 1 is 1.36 bits per heavy atom. The Hall–Kier alpha value is -2.34. The molecule has 1 saturated heterocycles. The van der Waals surface area contributed by atoms with Gasteiger partial charge >= 0.3 is 6.03 Å². The zero-order chi connectivity index (χ0) is 16.3. The molecule has 22 heavy (non-hydrogen) atoms. The fourth-order valence-electron chi connectivity index (χ4n) is 2.52. The van der Waals surface area contributed by atoms with E-state index in [1.807, 2.05) is 19.9 Å². The molecule has 2 heterocycles. The van der Waals surface area contributed by atoms with Gasteiger partial charge in [-0.15, -0.1) is 6.58 Å². The van der Waals surface area contributed by atoms with E-state index in [2.05, 4.69) is 16.5 Å². The minimum atomic E-state index is -0.413. The second-order valence-corrected chi connectivity index (χ2v) is 5.16. The molecule has 0 aliphatic carbocycles. The number of urea groups is 1. The third-order valence-electron chi connectivity index (χ3n) is 3.71. The van der Waals surface area contributed by atoms with E-state index < -0.39 is 6.03 Å².